The topological polar surface area (TPSA) is 135 Å². The van der Waals surface area contributed by atoms with Crippen LogP contribution in [0.2, 0.25) is 0 Å². The van der Waals surface area contributed by atoms with Crippen molar-refractivity contribution in [2.45, 2.75) is 12.8 Å². The molecule has 1 unspecified atom stereocenters. The number of benzene rings is 3. The highest BCUT2D eigenvalue weighted by Crippen LogP contribution is 2.29. The molecule has 0 fully saturated rings. The van der Waals surface area contributed by atoms with Crippen LogP contribution in [0.15, 0.2) is 84.6 Å². The van der Waals surface area contributed by atoms with Crippen LogP contribution >= 0.6 is 0 Å². The first-order valence-corrected chi connectivity index (χ1v) is 9.25. The highest BCUT2D eigenvalue weighted by Gasteiger charge is 2.23. The van der Waals surface area contributed by atoms with E-state index in [2.05, 4.69) is 0 Å². The average molecular weight is 422 g/mol. The van der Waals surface area contributed by atoms with Gasteiger partial charge in [0, 0.05) is 5.56 Å². The van der Waals surface area contributed by atoms with E-state index < -0.39 is 46.3 Å². The molecule has 0 saturated heterocycles. The summed E-state index contributed by atoms with van der Waals surface area (Å²) >= 11 is 0. The maximum absolute atomic E-state index is 12.0. The third-order valence-corrected chi connectivity index (χ3v) is 4.40. The van der Waals surface area contributed by atoms with Gasteiger partial charge >= 0.3 is 5.97 Å². The van der Waals surface area contributed by atoms with Gasteiger partial charge in [0.15, 0.2) is 5.76 Å². The number of aliphatic hydroxyl groups excluding tert-OH is 2. The molecule has 0 aliphatic carbocycles. The lowest BCUT2D eigenvalue weighted by molar-refractivity contribution is -0.138. The van der Waals surface area contributed by atoms with E-state index >= 15 is 0 Å². The molecule has 0 spiro atoms. The Hall–Kier alpha value is -4.26. The molecule has 0 saturated carbocycles. The van der Waals surface area contributed by atoms with Crippen molar-refractivity contribution in [3.05, 3.63) is 101 Å². The quantitative estimate of drug-likeness (QED) is 0.230. The minimum atomic E-state index is -1.07. The lowest BCUT2D eigenvalue weighted by atomic mass is 10.0. The molecule has 0 bridgehead atoms. The van der Waals surface area contributed by atoms with Crippen LogP contribution in [-0.4, -0.2) is 37.3 Å². The highest BCUT2D eigenvalue weighted by atomic mass is 16.4. The first-order chi connectivity index (χ1) is 14.7. The van der Waals surface area contributed by atoms with E-state index in [1.54, 1.807) is 25.1 Å². The Morgan fingerprint density at radius 3 is 1.68 bits per heavy atom. The molecule has 31 heavy (non-hydrogen) atoms. The van der Waals surface area contributed by atoms with Gasteiger partial charge in [-0.1, -0.05) is 66.7 Å². The molecule has 0 amide bonds. The number of hydrogen-bond acceptors (Lipinski definition) is 6. The van der Waals surface area contributed by atoms with Crippen molar-refractivity contribution in [3.63, 3.8) is 0 Å². The molecule has 0 aliphatic rings. The number of carboxylic acid groups (broad SMARTS) is 1. The molecule has 3 aromatic carbocycles. The van der Waals surface area contributed by atoms with Crippen LogP contribution in [0.1, 0.15) is 34.3 Å². The minimum absolute atomic E-state index is 0.244. The Labute approximate surface area is 178 Å². The second-order valence-corrected chi connectivity index (χ2v) is 6.53. The van der Waals surface area contributed by atoms with Gasteiger partial charge in [-0.15, -0.1) is 0 Å². The molecule has 0 heterocycles. The summed E-state index contributed by atoms with van der Waals surface area (Å²) in [4.78, 5) is 22.5. The van der Waals surface area contributed by atoms with Crippen LogP contribution in [0.5, 0.6) is 11.5 Å². The molecule has 3 rings (SSSR count). The van der Waals surface area contributed by atoms with Crippen molar-refractivity contribution in [2.24, 2.45) is 0 Å². The van der Waals surface area contributed by atoms with Gasteiger partial charge in [0.05, 0.1) is 5.92 Å². The summed E-state index contributed by atoms with van der Waals surface area (Å²) < 4.78 is 0. The molecule has 7 nitrogen and oxygen atoms in total. The monoisotopic (exact) mass is 422 g/mol. The number of allylic oxidation sites excluding steroid dienone is 1. The van der Waals surface area contributed by atoms with Crippen molar-refractivity contribution >= 4 is 17.5 Å². The summed E-state index contributed by atoms with van der Waals surface area (Å²) in [5.41, 5.74) is 0.626. The number of Topliss-reactive ketones (excluding diaryl/α,β-unsaturated/α-hetero) is 1. The molecule has 1 atom stereocenters. The van der Waals surface area contributed by atoms with E-state index in [0.717, 1.165) is 5.56 Å². The Balaban J connectivity index is 0.000000262. The van der Waals surface area contributed by atoms with Gasteiger partial charge in [0.25, 0.3) is 0 Å². The summed E-state index contributed by atoms with van der Waals surface area (Å²) in [5, 5.41) is 47.4. The zero-order chi connectivity index (χ0) is 23.0. The summed E-state index contributed by atoms with van der Waals surface area (Å²) in [6.07, 6.45) is 0. The Morgan fingerprint density at radius 1 is 0.710 bits per heavy atom. The Morgan fingerprint density at radius 2 is 1.19 bits per heavy atom. The van der Waals surface area contributed by atoms with E-state index in [-0.39, 0.29) is 5.56 Å². The summed E-state index contributed by atoms with van der Waals surface area (Å²) in [7, 11) is 0. The molecule has 5 N–H and O–H groups in total. The molecule has 0 aliphatic heterocycles. The first kappa shape index (κ1) is 23.0. The number of ketones is 1. The lowest BCUT2D eigenvalue weighted by Crippen LogP contribution is -2.06. The van der Waals surface area contributed by atoms with Gasteiger partial charge in [0.1, 0.15) is 17.1 Å². The number of carbonyl (C=O) groups excluding carboxylic acids is 1. The molecular weight excluding hydrogens is 400 g/mol. The standard InChI is InChI=1S/C15H12O5.C9H10O2/c16-10-7-4-8-11(17)12(10)14(19)15(20)13(18)9-5-2-1-3-6-9;1-7(9(10)11)8-5-3-2-4-6-8/h1-8,16-18,20H;2-7H,1H3,(H,10,11)/b15-13+;. The SMILES string of the molecule is CC(C(=O)O)c1ccccc1.O=C(/C(O)=C(\O)c1ccccc1)c1c(O)cccc1O. The summed E-state index contributed by atoms with van der Waals surface area (Å²) in [5.74, 6) is -4.80. The van der Waals surface area contributed by atoms with Gasteiger partial charge < -0.3 is 25.5 Å². The van der Waals surface area contributed by atoms with E-state index in [1.807, 2.05) is 30.3 Å². The zero-order valence-electron chi connectivity index (χ0n) is 16.6. The Bertz CT molecular complexity index is 1050. The van der Waals surface area contributed by atoms with Gasteiger partial charge in [-0.3, -0.25) is 9.59 Å². The van der Waals surface area contributed by atoms with Crippen molar-refractivity contribution in [3.8, 4) is 11.5 Å². The van der Waals surface area contributed by atoms with Crippen molar-refractivity contribution in [1.82, 2.24) is 0 Å². The van der Waals surface area contributed by atoms with Gasteiger partial charge in [-0.2, -0.15) is 0 Å². The fraction of sp³-hybridized carbons (Fsp3) is 0.0833. The van der Waals surface area contributed by atoms with Crippen LogP contribution in [-0.2, 0) is 4.79 Å². The van der Waals surface area contributed by atoms with Crippen molar-refractivity contribution in [1.29, 1.82) is 0 Å². The second kappa shape index (κ2) is 10.5. The lowest BCUT2D eigenvalue weighted by Gasteiger charge is -2.07. The number of hydrogen-bond donors (Lipinski definition) is 5. The van der Waals surface area contributed by atoms with Crippen LogP contribution in [0.4, 0.5) is 0 Å². The number of carbonyl (C=O) groups is 2. The zero-order valence-corrected chi connectivity index (χ0v) is 16.6. The molecule has 0 radical (unpaired) electrons. The first-order valence-electron chi connectivity index (χ1n) is 9.25. The van der Waals surface area contributed by atoms with E-state index in [9.17, 15) is 30.0 Å². The molecule has 0 aromatic heterocycles. The van der Waals surface area contributed by atoms with Gasteiger partial charge in [-0.05, 0) is 24.6 Å². The highest BCUT2D eigenvalue weighted by molar-refractivity contribution is 6.13. The molecule has 3 aromatic rings. The Kier molecular flexibility index (Phi) is 7.80. The van der Waals surface area contributed by atoms with Gasteiger partial charge in [-0.25, -0.2) is 0 Å². The number of aliphatic carboxylic acids is 1. The summed E-state index contributed by atoms with van der Waals surface area (Å²) in [6, 6.07) is 20.9. The minimum Gasteiger partial charge on any atom is -0.507 e. The van der Waals surface area contributed by atoms with Crippen LogP contribution in [0, 0.1) is 0 Å². The number of rotatable bonds is 5. The van der Waals surface area contributed by atoms with E-state index in [4.69, 9.17) is 5.11 Å². The molecular formula is C24H22O7. The largest absolute Gasteiger partial charge is 0.507 e. The number of phenolic OH excluding ortho intramolecular Hbond substituents is 2. The van der Waals surface area contributed by atoms with Crippen LogP contribution in [0.25, 0.3) is 5.76 Å². The maximum Gasteiger partial charge on any atom is 0.310 e. The predicted octanol–water partition coefficient (Wildman–Crippen LogP) is 4.64. The summed E-state index contributed by atoms with van der Waals surface area (Å²) in [6.45, 7) is 1.68. The number of phenols is 2. The number of aliphatic hydroxyl groups is 2. The third-order valence-electron chi connectivity index (χ3n) is 4.40. The number of carboxylic acids is 1. The smallest absolute Gasteiger partial charge is 0.310 e. The van der Waals surface area contributed by atoms with E-state index in [0.29, 0.717) is 0 Å². The number of aromatic hydroxyl groups is 2. The molecule has 160 valence electrons. The second-order valence-electron chi connectivity index (χ2n) is 6.53. The van der Waals surface area contributed by atoms with Crippen molar-refractivity contribution in [2.75, 3.05) is 0 Å². The fourth-order valence-corrected chi connectivity index (χ4v) is 2.60. The molecule has 7 heteroatoms. The predicted molar refractivity (Wildman–Crippen MR) is 115 cm³/mol. The maximum atomic E-state index is 12.0. The van der Waals surface area contributed by atoms with Crippen molar-refractivity contribution < 1.29 is 35.1 Å². The normalized spacial score (nSPS) is 12.0. The van der Waals surface area contributed by atoms with Crippen LogP contribution in [0.3, 0.4) is 0 Å². The van der Waals surface area contributed by atoms with Gasteiger partial charge in [0.2, 0.25) is 11.5 Å². The van der Waals surface area contributed by atoms with E-state index in [1.165, 1.54) is 30.3 Å². The fourth-order valence-electron chi connectivity index (χ4n) is 2.60. The van der Waals surface area contributed by atoms with Crippen LogP contribution < -0.4 is 0 Å². The average Bonchev–Trinajstić information content (AvgIpc) is 2.79. The third kappa shape index (κ3) is 5.86.